The number of rotatable bonds is 2. The molecule has 2 aromatic carbocycles. The first-order valence-electron chi connectivity index (χ1n) is 5.48. The summed E-state index contributed by atoms with van der Waals surface area (Å²) in [6.07, 6.45) is 0. The van der Waals surface area contributed by atoms with Gasteiger partial charge in [-0.25, -0.2) is 0 Å². The Labute approximate surface area is 109 Å². The number of hydrogen-bond donors (Lipinski definition) is 0. The molecule has 4 heteroatoms. The first kappa shape index (κ1) is 11.0. The van der Waals surface area contributed by atoms with E-state index in [0.717, 1.165) is 11.1 Å². The molecule has 0 saturated heterocycles. The van der Waals surface area contributed by atoms with Crippen molar-refractivity contribution in [2.24, 2.45) is 0 Å². The molecule has 0 aliphatic carbocycles. The lowest BCUT2D eigenvalue weighted by Crippen LogP contribution is -1.80. The van der Waals surface area contributed by atoms with Crippen molar-refractivity contribution >= 4 is 11.6 Å². The van der Waals surface area contributed by atoms with E-state index in [4.69, 9.17) is 16.1 Å². The highest BCUT2D eigenvalue weighted by atomic mass is 35.5. The quantitative estimate of drug-likeness (QED) is 0.694. The van der Waals surface area contributed by atoms with Crippen LogP contribution in [0.5, 0.6) is 0 Å². The maximum atomic E-state index is 5.93. The van der Waals surface area contributed by atoms with Crippen molar-refractivity contribution in [1.29, 1.82) is 0 Å². The standard InChI is InChI=1S/C14H9ClN2O/c15-12-8-4-7-11(9-12)14-16-13(17-18-14)10-5-2-1-3-6-10/h1-9H. The Morgan fingerprint density at radius 1 is 0.889 bits per heavy atom. The van der Waals surface area contributed by atoms with Crippen LogP contribution in [0.1, 0.15) is 0 Å². The highest BCUT2D eigenvalue weighted by Gasteiger charge is 2.10. The third-order valence-corrected chi connectivity index (χ3v) is 2.76. The monoisotopic (exact) mass is 256 g/mol. The molecule has 3 rings (SSSR count). The van der Waals surface area contributed by atoms with Gasteiger partial charge >= 0.3 is 0 Å². The van der Waals surface area contributed by atoms with Crippen molar-refractivity contribution in [3.8, 4) is 22.8 Å². The number of hydrogen-bond acceptors (Lipinski definition) is 3. The molecule has 0 amide bonds. The van der Waals surface area contributed by atoms with E-state index in [1.54, 1.807) is 12.1 Å². The van der Waals surface area contributed by atoms with E-state index in [0.29, 0.717) is 16.7 Å². The zero-order chi connectivity index (χ0) is 12.4. The highest BCUT2D eigenvalue weighted by Crippen LogP contribution is 2.23. The van der Waals surface area contributed by atoms with Crippen LogP contribution in [0.25, 0.3) is 22.8 Å². The lowest BCUT2D eigenvalue weighted by Gasteiger charge is -1.94. The summed E-state index contributed by atoms with van der Waals surface area (Å²) in [5.74, 6) is 1.04. The van der Waals surface area contributed by atoms with E-state index >= 15 is 0 Å². The maximum Gasteiger partial charge on any atom is 0.258 e. The van der Waals surface area contributed by atoms with Gasteiger partial charge in [0.15, 0.2) is 0 Å². The number of nitrogens with zero attached hydrogens (tertiary/aromatic N) is 2. The van der Waals surface area contributed by atoms with E-state index in [1.165, 1.54) is 0 Å². The summed E-state index contributed by atoms with van der Waals surface area (Å²) in [4.78, 5) is 4.36. The molecule has 0 N–H and O–H groups in total. The predicted octanol–water partition coefficient (Wildman–Crippen LogP) is 4.06. The zero-order valence-electron chi connectivity index (χ0n) is 9.38. The van der Waals surface area contributed by atoms with Gasteiger partial charge in [-0.15, -0.1) is 0 Å². The topological polar surface area (TPSA) is 38.9 Å². The lowest BCUT2D eigenvalue weighted by molar-refractivity contribution is 0.432. The molecule has 0 radical (unpaired) electrons. The number of aromatic nitrogens is 2. The van der Waals surface area contributed by atoms with Gasteiger partial charge in [-0.1, -0.05) is 53.2 Å². The molecule has 0 atom stereocenters. The lowest BCUT2D eigenvalue weighted by atomic mass is 10.2. The van der Waals surface area contributed by atoms with Gasteiger partial charge in [-0.2, -0.15) is 4.98 Å². The summed E-state index contributed by atoms with van der Waals surface area (Å²) in [5, 5.41) is 4.61. The van der Waals surface area contributed by atoms with E-state index < -0.39 is 0 Å². The Hall–Kier alpha value is -2.13. The molecule has 0 aliphatic heterocycles. The normalized spacial score (nSPS) is 10.5. The summed E-state index contributed by atoms with van der Waals surface area (Å²) in [7, 11) is 0. The Balaban J connectivity index is 2.00. The molecule has 0 bridgehead atoms. The van der Waals surface area contributed by atoms with Crippen LogP contribution in [0.15, 0.2) is 59.1 Å². The van der Waals surface area contributed by atoms with Gasteiger partial charge in [0, 0.05) is 16.1 Å². The van der Waals surface area contributed by atoms with Crippen LogP contribution < -0.4 is 0 Å². The summed E-state index contributed by atoms with van der Waals surface area (Å²) >= 11 is 5.93. The maximum absolute atomic E-state index is 5.93. The molecule has 1 aromatic heterocycles. The minimum atomic E-state index is 0.469. The fraction of sp³-hybridized carbons (Fsp3) is 0. The molecule has 3 aromatic rings. The number of halogens is 1. The van der Waals surface area contributed by atoms with Crippen molar-refractivity contribution in [3.63, 3.8) is 0 Å². The predicted molar refractivity (Wildman–Crippen MR) is 70.2 cm³/mol. The van der Waals surface area contributed by atoms with Crippen LogP contribution in [0, 0.1) is 0 Å². The van der Waals surface area contributed by atoms with Gasteiger partial charge in [0.25, 0.3) is 5.89 Å². The highest BCUT2D eigenvalue weighted by molar-refractivity contribution is 6.30. The summed E-state index contributed by atoms with van der Waals surface area (Å²) in [6.45, 7) is 0. The van der Waals surface area contributed by atoms with Gasteiger partial charge in [0.05, 0.1) is 0 Å². The SMILES string of the molecule is Clc1cccc(-c2nc(-c3ccccc3)no2)c1. The van der Waals surface area contributed by atoms with Gasteiger partial charge in [0.2, 0.25) is 5.82 Å². The van der Waals surface area contributed by atoms with Crippen LogP contribution in [0.2, 0.25) is 5.02 Å². The van der Waals surface area contributed by atoms with E-state index in [-0.39, 0.29) is 0 Å². The van der Waals surface area contributed by atoms with Crippen LogP contribution in [-0.4, -0.2) is 10.1 Å². The Morgan fingerprint density at radius 3 is 2.44 bits per heavy atom. The van der Waals surface area contributed by atoms with Gasteiger partial charge < -0.3 is 4.52 Å². The zero-order valence-corrected chi connectivity index (χ0v) is 10.1. The minimum Gasteiger partial charge on any atom is -0.334 e. The minimum absolute atomic E-state index is 0.469. The second kappa shape index (κ2) is 4.63. The van der Waals surface area contributed by atoms with Crippen molar-refractivity contribution in [3.05, 3.63) is 59.6 Å². The molecular weight excluding hydrogens is 248 g/mol. The third-order valence-electron chi connectivity index (χ3n) is 2.53. The second-order valence-corrected chi connectivity index (χ2v) is 4.24. The molecule has 0 saturated carbocycles. The summed E-state index contributed by atoms with van der Waals surface area (Å²) < 4.78 is 5.24. The first-order valence-corrected chi connectivity index (χ1v) is 5.86. The van der Waals surface area contributed by atoms with Crippen LogP contribution in [0.4, 0.5) is 0 Å². The van der Waals surface area contributed by atoms with E-state index in [2.05, 4.69) is 10.1 Å². The van der Waals surface area contributed by atoms with Gasteiger partial charge in [0.1, 0.15) is 0 Å². The average Bonchev–Trinajstić information content (AvgIpc) is 2.89. The van der Waals surface area contributed by atoms with Gasteiger partial charge in [-0.05, 0) is 18.2 Å². The molecule has 18 heavy (non-hydrogen) atoms. The van der Waals surface area contributed by atoms with Crippen molar-refractivity contribution in [2.45, 2.75) is 0 Å². The molecule has 0 unspecified atom stereocenters. The first-order chi connectivity index (χ1) is 8.83. The molecule has 0 fully saturated rings. The Kier molecular flexibility index (Phi) is 2.82. The molecule has 3 nitrogen and oxygen atoms in total. The second-order valence-electron chi connectivity index (χ2n) is 3.80. The van der Waals surface area contributed by atoms with E-state index in [9.17, 15) is 0 Å². The van der Waals surface area contributed by atoms with Gasteiger partial charge in [-0.3, -0.25) is 0 Å². The summed E-state index contributed by atoms with van der Waals surface area (Å²) in [6, 6.07) is 17.0. The molecular formula is C14H9ClN2O. The number of benzene rings is 2. The van der Waals surface area contributed by atoms with Crippen LogP contribution in [0.3, 0.4) is 0 Å². The largest absolute Gasteiger partial charge is 0.334 e. The molecule has 1 heterocycles. The molecule has 0 aliphatic rings. The third kappa shape index (κ3) is 2.13. The smallest absolute Gasteiger partial charge is 0.258 e. The van der Waals surface area contributed by atoms with Crippen molar-refractivity contribution < 1.29 is 4.52 Å². The van der Waals surface area contributed by atoms with Crippen LogP contribution in [-0.2, 0) is 0 Å². The van der Waals surface area contributed by atoms with Crippen molar-refractivity contribution in [1.82, 2.24) is 10.1 Å². The Morgan fingerprint density at radius 2 is 1.67 bits per heavy atom. The molecule has 88 valence electrons. The summed E-state index contributed by atoms with van der Waals surface area (Å²) in [5.41, 5.74) is 1.74. The fourth-order valence-electron chi connectivity index (χ4n) is 1.67. The average molecular weight is 257 g/mol. The van der Waals surface area contributed by atoms with Crippen molar-refractivity contribution in [2.75, 3.05) is 0 Å². The molecule has 0 spiro atoms. The Bertz CT molecular complexity index is 664. The van der Waals surface area contributed by atoms with Crippen LogP contribution >= 0.6 is 11.6 Å². The fourth-order valence-corrected chi connectivity index (χ4v) is 1.86. The van der Waals surface area contributed by atoms with E-state index in [1.807, 2.05) is 42.5 Å².